The van der Waals surface area contributed by atoms with Crippen LogP contribution in [0.15, 0.2) is 47.3 Å². The summed E-state index contributed by atoms with van der Waals surface area (Å²) >= 11 is 0. The highest BCUT2D eigenvalue weighted by molar-refractivity contribution is 5.87. The lowest BCUT2D eigenvalue weighted by Crippen LogP contribution is -2.41. The number of hydrogen-bond acceptors (Lipinski definition) is 4. The predicted octanol–water partition coefficient (Wildman–Crippen LogP) is 2.98. The number of amides is 1. The summed E-state index contributed by atoms with van der Waals surface area (Å²) in [5, 5.41) is 0.380. The van der Waals surface area contributed by atoms with Crippen LogP contribution in [0.1, 0.15) is 24.8 Å². The molecule has 1 aliphatic rings. The molecule has 0 atom stereocenters. The molecule has 3 aromatic rings. The lowest BCUT2D eigenvalue weighted by molar-refractivity contribution is -0.116. The fourth-order valence-corrected chi connectivity index (χ4v) is 3.59. The number of carbonyl (C=O) groups excluding carboxylic acids is 1. The number of halogens is 2. The van der Waals surface area contributed by atoms with Gasteiger partial charge in [0.1, 0.15) is 11.6 Å². The van der Waals surface area contributed by atoms with Crippen molar-refractivity contribution < 1.29 is 13.6 Å². The third-order valence-electron chi connectivity index (χ3n) is 4.92. The Labute approximate surface area is 165 Å². The predicted molar refractivity (Wildman–Crippen MR) is 106 cm³/mol. The highest BCUT2D eigenvalue weighted by atomic mass is 19.1. The van der Waals surface area contributed by atoms with Crippen molar-refractivity contribution in [3.05, 3.63) is 70.0 Å². The van der Waals surface area contributed by atoms with E-state index in [4.69, 9.17) is 0 Å². The van der Waals surface area contributed by atoms with Gasteiger partial charge in [-0.25, -0.2) is 13.8 Å². The van der Waals surface area contributed by atoms with Crippen LogP contribution in [0.4, 0.5) is 14.7 Å². The Hall–Kier alpha value is -3.29. The van der Waals surface area contributed by atoms with Crippen molar-refractivity contribution in [2.45, 2.75) is 25.7 Å². The van der Waals surface area contributed by atoms with Gasteiger partial charge in [-0.15, -0.1) is 0 Å². The van der Waals surface area contributed by atoms with Gasteiger partial charge < -0.3 is 4.90 Å². The van der Waals surface area contributed by atoms with Crippen LogP contribution < -0.4 is 15.9 Å². The monoisotopic (exact) mass is 398 g/mol. The number of hydrogen-bond donors (Lipinski definition) is 1. The van der Waals surface area contributed by atoms with E-state index >= 15 is 0 Å². The smallest absolute Gasteiger partial charge is 0.281 e. The molecule has 0 bridgehead atoms. The minimum atomic E-state index is -0.758. The Morgan fingerprint density at radius 1 is 1.03 bits per heavy atom. The summed E-state index contributed by atoms with van der Waals surface area (Å²) in [7, 11) is 0. The molecular weight excluding hydrogens is 378 g/mol. The standard InChI is InChI=1S/C21H20F2N4O2/c22-15-10-14(11-16(23)13-15)12-19(28)25-27-20(29)17-6-2-3-7-18(17)24-21(27)26-8-4-1-5-9-26/h2-3,6-7,10-11,13H,1,4-5,8-9,12H2,(H,25,28). The van der Waals surface area contributed by atoms with Crippen LogP contribution in [0, 0.1) is 11.6 Å². The van der Waals surface area contributed by atoms with Crippen molar-refractivity contribution in [1.29, 1.82) is 0 Å². The summed E-state index contributed by atoms with van der Waals surface area (Å²) in [6, 6.07) is 9.86. The molecule has 150 valence electrons. The molecule has 0 saturated carbocycles. The van der Waals surface area contributed by atoms with Crippen molar-refractivity contribution >= 4 is 22.8 Å². The molecule has 0 spiro atoms. The number of anilines is 1. The van der Waals surface area contributed by atoms with Crippen molar-refractivity contribution in [3.63, 3.8) is 0 Å². The number of benzene rings is 2. The fraction of sp³-hybridized carbons (Fsp3) is 0.286. The Bertz CT molecular complexity index is 1100. The average Bonchev–Trinajstić information content (AvgIpc) is 2.70. The first-order valence-corrected chi connectivity index (χ1v) is 9.53. The van der Waals surface area contributed by atoms with Crippen molar-refractivity contribution in [1.82, 2.24) is 9.66 Å². The van der Waals surface area contributed by atoms with Crippen molar-refractivity contribution in [2.24, 2.45) is 0 Å². The van der Waals surface area contributed by atoms with Gasteiger partial charge in [-0.1, -0.05) is 12.1 Å². The lowest BCUT2D eigenvalue weighted by atomic mass is 10.1. The van der Waals surface area contributed by atoms with E-state index in [1.807, 2.05) is 4.90 Å². The average molecular weight is 398 g/mol. The van der Waals surface area contributed by atoms with E-state index in [0.717, 1.165) is 55.2 Å². The molecule has 0 aliphatic carbocycles. The van der Waals surface area contributed by atoms with Crippen molar-refractivity contribution in [2.75, 3.05) is 23.4 Å². The summed E-state index contributed by atoms with van der Waals surface area (Å²) in [6.07, 6.45) is 2.78. The van der Waals surface area contributed by atoms with Crippen LogP contribution in [0.3, 0.4) is 0 Å². The van der Waals surface area contributed by atoms with E-state index in [-0.39, 0.29) is 12.0 Å². The summed E-state index contributed by atoms with van der Waals surface area (Å²) in [5.74, 6) is -1.71. The van der Waals surface area contributed by atoms with Gasteiger partial charge in [-0.05, 0) is 49.1 Å². The highest BCUT2D eigenvalue weighted by Gasteiger charge is 2.20. The Balaban J connectivity index is 1.70. The van der Waals surface area contributed by atoms with Crippen LogP contribution in [0.5, 0.6) is 0 Å². The maximum Gasteiger partial charge on any atom is 0.281 e. The molecule has 1 N–H and O–H groups in total. The third-order valence-corrected chi connectivity index (χ3v) is 4.92. The zero-order valence-corrected chi connectivity index (χ0v) is 15.7. The molecule has 8 heteroatoms. The first kappa shape index (κ1) is 19.0. The molecule has 2 aromatic carbocycles. The second-order valence-corrected chi connectivity index (χ2v) is 7.11. The minimum Gasteiger partial charge on any atom is -0.341 e. The molecule has 1 aromatic heterocycles. The van der Waals surface area contributed by atoms with Gasteiger partial charge >= 0.3 is 0 Å². The van der Waals surface area contributed by atoms with E-state index in [1.54, 1.807) is 24.3 Å². The molecular formula is C21H20F2N4O2. The third kappa shape index (κ3) is 4.11. The fourth-order valence-electron chi connectivity index (χ4n) is 3.59. The maximum atomic E-state index is 13.4. The zero-order chi connectivity index (χ0) is 20.4. The molecule has 0 radical (unpaired) electrons. The van der Waals surface area contributed by atoms with E-state index < -0.39 is 23.1 Å². The van der Waals surface area contributed by atoms with E-state index in [9.17, 15) is 18.4 Å². The van der Waals surface area contributed by atoms with Gasteiger partial charge in [0.15, 0.2) is 0 Å². The Kier molecular flexibility index (Phi) is 5.24. The van der Waals surface area contributed by atoms with Gasteiger partial charge in [0, 0.05) is 19.2 Å². The number of fused-ring (bicyclic) bond motifs is 1. The van der Waals surface area contributed by atoms with Crippen LogP contribution in [0.25, 0.3) is 10.9 Å². The highest BCUT2D eigenvalue weighted by Crippen LogP contribution is 2.19. The number of nitrogens with one attached hydrogen (secondary N) is 1. The topological polar surface area (TPSA) is 67.2 Å². The number of aromatic nitrogens is 2. The Morgan fingerprint density at radius 2 is 1.72 bits per heavy atom. The van der Waals surface area contributed by atoms with Crippen LogP contribution in [-0.4, -0.2) is 28.7 Å². The molecule has 1 amide bonds. The maximum absolute atomic E-state index is 13.4. The lowest BCUT2D eigenvalue weighted by Gasteiger charge is -2.29. The summed E-state index contributed by atoms with van der Waals surface area (Å²) in [5.41, 5.74) is 2.91. The van der Waals surface area contributed by atoms with Crippen molar-refractivity contribution in [3.8, 4) is 0 Å². The molecule has 6 nitrogen and oxygen atoms in total. The molecule has 1 fully saturated rings. The number of carbonyl (C=O) groups is 1. The normalized spacial score (nSPS) is 14.2. The SMILES string of the molecule is O=C(Cc1cc(F)cc(F)c1)Nn1c(N2CCCCC2)nc2ccccc2c1=O. The zero-order valence-electron chi connectivity index (χ0n) is 15.7. The number of para-hydroxylation sites is 1. The van der Waals surface area contributed by atoms with Crippen LogP contribution >= 0.6 is 0 Å². The summed E-state index contributed by atoms with van der Waals surface area (Å²) in [4.78, 5) is 32.2. The van der Waals surface area contributed by atoms with Crippen LogP contribution in [0.2, 0.25) is 0 Å². The molecule has 2 heterocycles. The quantitative estimate of drug-likeness (QED) is 0.734. The van der Waals surface area contributed by atoms with E-state index in [2.05, 4.69) is 10.4 Å². The van der Waals surface area contributed by atoms with Gasteiger partial charge in [-0.2, -0.15) is 4.68 Å². The molecule has 0 unspecified atom stereocenters. The summed E-state index contributed by atoms with van der Waals surface area (Å²) < 4.78 is 28.0. The number of piperidine rings is 1. The van der Waals surface area contributed by atoms with E-state index in [0.29, 0.717) is 16.9 Å². The van der Waals surface area contributed by atoms with E-state index in [1.165, 1.54) is 0 Å². The minimum absolute atomic E-state index is 0.182. The van der Waals surface area contributed by atoms with Gasteiger partial charge in [0.25, 0.3) is 5.56 Å². The molecule has 1 aliphatic heterocycles. The van der Waals surface area contributed by atoms with Crippen LogP contribution in [-0.2, 0) is 11.2 Å². The first-order chi connectivity index (χ1) is 14.0. The summed E-state index contributed by atoms with van der Waals surface area (Å²) in [6.45, 7) is 1.46. The molecule has 29 heavy (non-hydrogen) atoms. The second kappa shape index (κ2) is 7.98. The number of nitrogens with zero attached hydrogens (tertiary/aromatic N) is 3. The van der Waals surface area contributed by atoms with Gasteiger partial charge in [0.2, 0.25) is 11.9 Å². The van der Waals surface area contributed by atoms with Gasteiger partial charge in [-0.3, -0.25) is 15.0 Å². The first-order valence-electron chi connectivity index (χ1n) is 9.53. The second-order valence-electron chi connectivity index (χ2n) is 7.11. The largest absolute Gasteiger partial charge is 0.341 e. The molecule has 4 rings (SSSR count). The molecule has 1 saturated heterocycles. The van der Waals surface area contributed by atoms with Gasteiger partial charge in [0.05, 0.1) is 17.3 Å². The Morgan fingerprint density at radius 3 is 2.45 bits per heavy atom. The number of rotatable bonds is 4.